The lowest BCUT2D eigenvalue weighted by Gasteiger charge is -2.24. The number of anilines is 2. The largest absolute Gasteiger partial charge is 0.350 e. The summed E-state index contributed by atoms with van der Waals surface area (Å²) in [6.07, 6.45) is 0.758. The van der Waals surface area contributed by atoms with Crippen LogP contribution >= 0.6 is 11.6 Å². The first-order chi connectivity index (χ1) is 16.6. The molecule has 0 radical (unpaired) electrons. The van der Waals surface area contributed by atoms with Gasteiger partial charge >= 0.3 is 0 Å². The van der Waals surface area contributed by atoms with Crippen molar-refractivity contribution in [2.75, 3.05) is 16.2 Å². The van der Waals surface area contributed by atoms with Crippen LogP contribution in [0.25, 0.3) is 0 Å². The molecule has 3 aromatic rings. The van der Waals surface area contributed by atoms with E-state index in [-0.39, 0.29) is 16.8 Å². The van der Waals surface area contributed by atoms with Crippen LogP contribution in [0, 0.1) is 6.92 Å². The van der Waals surface area contributed by atoms with E-state index in [1.165, 1.54) is 24.3 Å². The molecule has 0 aliphatic heterocycles. The molecule has 0 unspecified atom stereocenters. The Morgan fingerprint density at radius 2 is 1.60 bits per heavy atom. The molecule has 0 saturated carbocycles. The summed E-state index contributed by atoms with van der Waals surface area (Å²) in [5.74, 6) is -0.911. The Morgan fingerprint density at radius 1 is 0.971 bits per heavy atom. The molecule has 0 spiro atoms. The minimum absolute atomic E-state index is 0.00334. The van der Waals surface area contributed by atoms with E-state index in [0.717, 1.165) is 16.3 Å². The van der Waals surface area contributed by atoms with Gasteiger partial charge in [-0.15, -0.1) is 0 Å². The van der Waals surface area contributed by atoms with Crippen molar-refractivity contribution in [2.45, 2.75) is 38.1 Å². The number of rotatable bonds is 9. The zero-order valence-electron chi connectivity index (χ0n) is 19.8. The molecular weight excluding hydrogens is 486 g/mol. The highest BCUT2D eigenvalue weighted by Crippen LogP contribution is 2.25. The third kappa shape index (κ3) is 6.61. The number of para-hydroxylation sites is 1. The standard InChI is InChI=1S/C26H28ClN3O4S/c1-4-19(3)28-26(32)23-7-5-6-8-24(23)29-25(31)17-30(21-13-9-18(2)10-14-21)35(33,34)22-15-11-20(27)12-16-22/h5-16,19H,4,17H2,1-3H3,(H,28,32)(H,29,31)/t19-/m0/s1. The molecule has 1 atom stereocenters. The van der Waals surface area contributed by atoms with Gasteiger partial charge in [0.15, 0.2) is 0 Å². The van der Waals surface area contributed by atoms with Crippen molar-refractivity contribution in [3.63, 3.8) is 0 Å². The van der Waals surface area contributed by atoms with E-state index in [1.807, 2.05) is 20.8 Å². The summed E-state index contributed by atoms with van der Waals surface area (Å²) in [5.41, 5.74) is 1.88. The number of hydrogen-bond acceptors (Lipinski definition) is 4. The quantitative estimate of drug-likeness (QED) is 0.420. The molecule has 3 aromatic carbocycles. The lowest BCUT2D eigenvalue weighted by Crippen LogP contribution is -2.38. The van der Waals surface area contributed by atoms with Gasteiger partial charge in [0, 0.05) is 11.1 Å². The molecule has 3 rings (SSSR count). The molecular formula is C26H28ClN3O4S. The van der Waals surface area contributed by atoms with Crippen molar-refractivity contribution in [2.24, 2.45) is 0 Å². The number of nitrogens with zero attached hydrogens (tertiary/aromatic N) is 1. The van der Waals surface area contributed by atoms with Crippen molar-refractivity contribution in [1.82, 2.24) is 5.32 Å². The van der Waals surface area contributed by atoms with Crippen LogP contribution in [0.5, 0.6) is 0 Å². The van der Waals surface area contributed by atoms with E-state index in [0.29, 0.717) is 22.0 Å². The van der Waals surface area contributed by atoms with Gasteiger partial charge in [0.25, 0.3) is 15.9 Å². The summed E-state index contributed by atoms with van der Waals surface area (Å²) < 4.78 is 28.0. The van der Waals surface area contributed by atoms with Crippen molar-refractivity contribution in [3.8, 4) is 0 Å². The third-order valence-electron chi connectivity index (χ3n) is 5.45. The highest BCUT2D eigenvalue weighted by Gasteiger charge is 2.27. The minimum atomic E-state index is -4.08. The Labute approximate surface area is 211 Å². The Balaban J connectivity index is 1.90. The number of halogens is 1. The Morgan fingerprint density at radius 3 is 2.23 bits per heavy atom. The van der Waals surface area contributed by atoms with Crippen LogP contribution in [0.1, 0.15) is 36.2 Å². The van der Waals surface area contributed by atoms with Crippen LogP contribution in [0.4, 0.5) is 11.4 Å². The van der Waals surface area contributed by atoms with E-state index >= 15 is 0 Å². The number of aryl methyl sites for hydroxylation is 1. The highest BCUT2D eigenvalue weighted by molar-refractivity contribution is 7.92. The van der Waals surface area contributed by atoms with Gasteiger partial charge in [-0.1, -0.05) is 48.4 Å². The fourth-order valence-electron chi connectivity index (χ4n) is 3.27. The van der Waals surface area contributed by atoms with Gasteiger partial charge in [-0.3, -0.25) is 13.9 Å². The summed E-state index contributed by atoms with van der Waals surface area (Å²) in [5, 5.41) is 5.97. The lowest BCUT2D eigenvalue weighted by atomic mass is 10.1. The number of amides is 2. The lowest BCUT2D eigenvalue weighted by molar-refractivity contribution is -0.114. The summed E-state index contributed by atoms with van der Waals surface area (Å²) in [6.45, 7) is 5.24. The number of benzene rings is 3. The van der Waals surface area contributed by atoms with Gasteiger partial charge in [-0.05, 0) is 68.8 Å². The Bertz CT molecular complexity index is 1290. The van der Waals surface area contributed by atoms with Crippen LogP contribution in [-0.2, 0) is 14.8 Å². The highest BCUT2D eigenvalue weighted by atomic mass is 35.5. The molecule has 7 nitrogen and oxygen atoms in total. The average molecular weight is 514 g/mol. The molecule has 9 heteroatoms. The predicted molar refractivity (Wildman–Crippen MR) is 139 cm³/mol. The van der Waals surface area contributed by atoms with Crippen LogP contribution in [-0.4, -0.2) is 32.8 Å². The number of sulfonamides is 1. The maximum Gasteiger partial charge on any atom is 0.264 e. The zero-order valence-corrected chi connectivity index (χ0v) is 21.4. The molecule has 0 fully saturated rings. The molecule has 184 valence electrons. The van der Waals surface area contributed by atoms with Gasteiger partial charge < -0.3 is 10.6 Å². The number of carbonyl (C=O) groups is 2. The Kier molecular flexibility index (Phi) is 8.53. The molecule has 35 heavy (non-hydrogen) atoms. The topological polar surface area (TPSA) is 95.6 Å². The SMILES string of the molecule is CC[C@H](C)NC(=O)c1ccccc1NC(=O)CN(c1ccc(C)cc1)S(=O)(=O)c1ccc(Cl)cc1. The normalized spacial score (nSPS) is 12.0. The van der Waals surface area contributed by atoms with Gasteiger partial charge in [-0.2, -0.15) is 0 Å². The molecule has 0 aromatic heterocycles. The van der Waals surface area contributed by atoms with Crippen LogP contribution < -0.4 is 14.9 Å². The average Bonchev–Trinajstić information content (AvgIpc) is 2.83. The van der Waals surface area contributed by atoms with Crippen molar-refractivity contribution >= 4 is 44.8 Å². The van der Waals surface area contributed by atoms with E-state index in [1.54, 1.807) is 48.5 Å². The first-order valence-corrected chi connectivity index (χ1v) is 13.0. The van der Waals surface area contributed by atoms with Gasteiger partial charge in [-0.25, -0.2) is 8.42 Å². The van der Waals surface area contributed by atoms with E-state index in [4.69, 9.17) is 11.6 Å². The molecule has 0 bridgehead atoms. The Hall–Kier alpha value is -3.36. The summed E-state index contributed by atoms with van der Waals surface area (Å²) in [6, 6.07) is 19.1. The van der Waals surface area contributed by atoms with E-state index in [9.17, 15) is 18.0 Å². The zero-order chi connectivity index (χ0) is 25.6. The number of carbonyl (C=O) groups excluding carboxylic acids is 2. The smallest absolute Gasteiger partial charge is 0.264 e. The molecule has 0 aliphatic carbocycles. The van der Waals surface area contributed by atoms with Crippen molar-refractivity contribution in [3.05, 3.63) is 88.9 Å². The van der Waals surface area contributed by atoms with Crippen molar-refractivity contribution < 1.29 is 18.0 Å². The second-order valence-corrected chi connectivity index (χ2v) is 10.5. The van der Waals surface area contributed by atoms with Gasteiger partial charge in [0.2, 0.25) is 5.91 Å². The molecule has 0 aliphatic rings. The third-order valence-corrected chi connectivity index (χ3v) is 7.49. The van der Waals surface area contributed by atoms with E-state index in [2.05, 4.69) is 10.6 Å². The number of hydrogen-bond donors (Lipinski definition) is 2. The van der Waals surface area contributed by atoms with Crippen molar-refractivity contribution in [1.29, 1.82) is 0 Å². The molecule has 2 amide bonds. The minimum Gasteiger partial charge on any atom is -0.350 e. The van der Waals surface area contributed by atoms with Gasteiger partial charge in [0.1, 0.15) is 6.54 Å². The maximum atomic E-state index is 13.5. The monoisotopic (exact) mass is 513 g/mol. The first-order valence-electron chi connectivity index (χ1n) is 11.2. The van der Waals surface area contributed by atoms with E-state index < -0.39 is 22.5 Å². The predicted octanol–water partition coefficient (Wildman–Crippen LogP) is 5.01. The van der Waals surface area contributed by atoms with Gasteiger partial charge in [0.05, 0.1) is 21.8 Å². The fourth-order valence-corrected chi connectivity index (χ4v) is 4.82. The number of nitrogens with one attached hydrogen (secondary N) is 2. The summed E-state index contributed by atoms with van der Waals surface area (Å²) in [4.78, 5) is 25.8. The summed E-state index contributed by atoms with van der Waals surface area (Å²) >= 11 is 5.93. The maximum absolute atomic E-state index is 13.5. The summed E-state index contributed by atoms with van der Waals surface area (Å²) in [7, 11) is -4.08. The second-order valence-electron chi connectivity index (χ2n) is 8.18. The second kappa shape index (κ2) is 11.4. The molecule has 0 heterocycles. The molecule has 2 N–H and O–H groups in total. The van der Waals surface area contributed by atoms with Crippen LogP contribution in [0.3, 0.4) is 0 Å². The fraction of sp³-hybridized carbons (Fsp3) is 0.231. The molecule has 0 saturated heterocycles. The van der Waals surface area contributed by atoms with Crippen LogP contribution in [0.15, 0.2) is 77.7 Å². The van der Waals surface area contributed by atoms with Crippen LogP contribution in [0.2, 0.25) is 5.02 Å². The first kappa shape index (κ1) is 26.2.